The predicted octanol–water partition coefficient (Wildman–Crippen LogP) is 1.22. The Balaban J connectivity index is 1.93. The Labute approximate surface area is 108 Å². The van der Waals surface area contributed by atoms with Gasteiger partial charge < -0.3 is 9.30 Å². The Kier molecular flexibility index (Phi) is 4.36. The van der Waals surface area contributed by atoms with Gasteiger partial charge in [-0.05, 0) is 26.3 Å². The molecule has 2 rings (SSSR count). The maximum absolute atomic E-state index is 11.7. The highest BCUT2D eigenvalue weighted by molar-refractivity contribution is 5.75. The van der Waals surface area contributed by atoms with Crippen LogP contribution in [0.3, 0.4) is 0 Å². The summed E-state index contributed by atoms with van der Waals surface area (Å²) >= 11 is 0. The van der Waals surface area contributed by atoms with Crippen LogP contribution in [0.4, 0.5) is 0 Å². The van der Waals surface area contributed by atoms with Crippen molar-refractivity contribution in [3.05, 3.63) is 18.2 Å². The van der Waals surface area contributed by atoms with Crippen molar-refractivity contribution in [1.29, 1.82) is 0 Å². The molecule has 0 amide bonds. The first kappa shape index (κ1) is 13.1. The second-order valence-electron chi connectivity index (χ2n) is 4.74. The second kappa shape index (κ2) is 6.00. The normalized spacial score (nSPS) is 20.9. The number of hydrogen-bond donors (Lipinski definition) is 0. The molecule has 1 saturated heterocycles. The van der Waals surface area contributed by atoms with Gasteiger partial charge in [0.15, 0.2) is 0 Å². The third-order valence-corrected chi connectivity index (χ3v) is 3.64. The number of hydrogen-bond acceptors (Lipinski definition) is 4. The number of carbonyl (C=O) groups excluding carboxylic acids is 1. The first-order valence-corrected chi connectivity index (χ1v) is 6.52. The first-order chi connectivity index (χ1) is 8.72. The zero-order valence-corrected chi connectivity index (χ0v) is 11.1. The van der Waals surface area contributed by atoms with Gasteiger partial charge in [-0.1, -0.05) is 6.42 Å². The number of likely N-dealkylation sites (tertiary alicyclic amines) is 1. The molecule has 1 fully saturated rings. The lowest BCUT2D eigenvalue weighted by Gasteiger charge is -2.33. The van der Waals surface area contributed by atoms with Crippen LogP contribution in [0, 0.1) is 6.92 Å². The minimum Gasteiger partial charge on any atom is -0.468 e. The summed E-state index contributed by atoms with van der Waals surface area (Å²) < 4.78 is 6.99. The monoisotopic (exact) mass is 251 g/mol. The first-order valence-electron chi connectivity index (χ1n) is 6.52. The van der Waals surface area contributed by atoms with Crippen molar-refractivity contribution >= 4 is 5.97 Å². The van der Waals surface area contributed by atoms with E-state index >= 15 is 0 Å². The average Bonchev–Trinajstić information content (AvgIpc) is 2.81. The van der Waals surface area contributed by atoms with Crippen molar-refractivity contribution in [3.8, 4) is 0 Å². The summed E-state index contributed by atoms with van der Waals surface area (Å²) in [7, 11) is 1.47. The Morgan fingerprint density at radius 3 is 3.00 bits per heavy atom. The zero-order chi connectivity index (χ0) is 13.0. The van der Waals surface area contributed by atoms with Crippen LogP contribution in [0.5, 0.6) is 0 Å². The molecule has 1 aromatic heterocycles. The van der Waals surface area contributed by atoms with Gasteiger partial charge in [-0.2, -0.15) is 0 Å². The molecule has 18 heavy (non-hydrogen) atoms. The Bertz CT molecular complexity index is 403. The highest BCUT2D eigenvalue weighted by Gasteiger charge is 2.28. The summed E-state index contributed by atoms with van der Waals surface area (Å²) in [5.41, 5.74) is 0. The van der Waals surface area contributed by atoms with E-state index < -0.39 is 0 Å². The van der Waals surface area contributed by atoms with Crippen LogP contribution in [0.1, 0.15) is 25.1 Å². The van der Waals surface area contributed by atoms with Crippen molar-refractivity contribution < 1.29 is 9.53 Å². The van der Waals surface area contributed by atoms with Gasteiger partial charge in [0.25, 0.3) is 0 Å². The highest BCUT2D eigenvalue weighted by atomic mass is 16.5. The molecule has 0 saturated carbocycles. The lowest BCUT2D eigenvalue weighted by molar-refractivity contribution is -0.148. The zero-order valence-electron chi connectivity index (χ0n) is 11.1. The van der Waals surface area contributed by atoms with Gasteiger partial charge in [0.2, 0.25) is 0 Å². The maximum Gasteiger partial charge on any atom is 0.323 e. The lowest BCUT2D eigenvalue weighted by Crippen LogP contribution is -2.46. The van der Waals surface area contributed by atoms with Crippen LogP contribution in [0.25, 0.3) is 0 Å². The molecule has 0 unspecified atom stereocenters. The molecule has 1 atom stereocenters. The number of carbonyl (C=O) groups is 1. The Hall–Kier alpha value is -1.36. The van der Waals surface area contributed by atoms with Crippen molar-refractivity contribution in [3.63, 3.8) is 0 Å². The van der Waals surface area contributed by atoms with E-state index in [0.29, 0.717) is 0 Å². The predicted molar refractivity (Wildman–Crippen MR) is 68.2 cm³/mol. The van der Waals surface area contributed by atoms with Gasteiger partial charge in [-0.25, -0.2) is 4.98 Å². The van der Waals surface area contributed by atoms with E-state index in [-0.39, 0.29) is 12.0 Å². The van der Waals surface area contributed by atoms with Crippen LogP contribution < -0.4 is 0 Å². The van der Waals surface area contributed by atoms with Crippen LogP contribution >= 0.6 is 0 Å². The largest absolute Gasteiger partial charge is 0.468 e. The fourth-order valence-electron chi connectivity index (χ4n) is 2.54. The number of imidazole rings is 1. The van der Waals surface area contributed by atoms with E-state index in [2.05, 4.69) is 14.5 Å². The number of methoxy groups -OCH3 is 1. The van der Waals surface area contributed by atoms with Gasteiger partial charge >= 0.3 is 5.97 Å². The summed E-state index contributed by atoms with van der Waals surface area (Å²) in [5, 5.41) is 0. The number of rotatable bonds is 4. The number of esters is 1. The van der Waals surface area contributed by atoms with E-state index in [4.69, 9.17) is 4.74 Å². The van der Waals surface area contributed by atoms with Crippen LogP contribution in [-0.2, 0) is 16.1 Å². The topological polar surface area (TPSA) is 47.4 Å². The molecule has 0 aromatic carbocycles. The molecule has 0 spiro atoms. The van der Waals surface area contributed by atoms with Crippen molar-refractivity contribution in [2.45, 2.75) is 38.8 Å². The number of nitrogens with zero attached hydrogens (tertiary/aromatic N) is 3. The van der Waals surface area contributed by atoms with Crippen molar-refractivity contribution in [1.82, 2.24) is 14.5 Å². The number of piperidine rings is 1. The molecule has 0 N–H and O–H groups in total. The molecule has 0 bridgehead atoms. The highest BCUT2D eigenvalue weighted by Crippen LogP contribution is 2.18. The second-order valence-corrected chi connectivity index (χ2v) is 4.74. The summed E-state index contributed by atoms with van der Waals surface area (Å²) in [6.07, 6.45) is 6.97. The molecule has 1 aromatic rings. The van der Waals surface area contributed by atoms with Gasteiger partial charge in [0.05, 0.1) is 7.11 Å². The van der Waals surface area contributed by atoms with Gasteiger partial charge in [-0.3, -0.25) is 9.69 Å². The SMILES string of the molecule is COC(=O)[C@H]1CCCCN1CCn1ccnc1C. The lowest BCUT2D eigenvalue weighted by atomic mass is 10.0. The summed E-state index contributed by atoms with van der Waals surface area (Å²) in [6.45, 7) is 4.72. The molecule has 2 heterocycles. The maximum atomic E-state index is 11.7. The van der Waals surface area contributed by atoms with Crippen LogP contribution in [-0.4, -0.2) is 46.7 Å². The summed E-state index contributed by atoms with van der Waals surface area (Å²) in [5.74, 6) is 0.915. The van der Waals surface area contributed by atoms with Gasteiger partial charge in [-0.15, -0.1) is 0 Å². The smallest absolute Gasteiger partial charge is 0.323 e. The minimum absolute atomic E-state index is 0.0624. The number of ether oxygens (including phenoxy) is 1. The van der Waals surface area contributed by atoms with Crippen LogP contribution in [0.2, 0.25) is 0 Å². The molecule has 0 aliphatic carbocycles. The molecule has 5 nitrogen and oxygen atoms in total. The van der Waals surface area contributed by atoms with E-state index in [9.17, 15) is 4.79 Å². The molecule has 0 radical (unpaired) electrons. The Morgan fingerprint density at radius 2 is 2.33 bits per heavy atom. The fraction of sp³-hybridized carbons (Fsp3) is 0.692. The third kappa shape index (κ3) is 2.90. The molecular weight excluding hydrogens is 230 g/mol. The van der Waals surface area contributed by atoms with E-state index in [1.165, 1.54) is 7.11 Å². The van der Waals surface area contributed by atoms with E-state index in [1.807, 2.05) is 19.3 Å². The average molecular weight is 251 g/mol. The molecule has 1 aliphatic rings. The Morgan fingerprint density at radius 1 is 1.50 bits per heavy atom. The standard InChI is InChI=1S/C13H21N3O2/c1-11-14-6-8-15(11)9-10-16-7-4-3-5-12(16)13(17)18-2/h6,8,12H,3-5,7,9-10H2,1-2H3/t12-/m1/s1. The van der Waals surface area contributed by atoms with Crippen molar-refractivity contribution in [2.75, 3.05) is 20.2 Å². The summed E-state index contributed by atoms with van der Waals surface area (Å²) in [4.78, 5) is 18.2. The van der Waals surface area contributed by atoms with E-state index in [0.717, 1.165) is 44.7 Å². The minimum atomic E-state index is -0.1000. The van der Waals surface area contributed by atoms with Gasteiger partial charge in [0.1, 0.15) is 11.9 Å². The van der Waals surface area contributed by atoms with Crippen molar-refractivity contribution in [2.24, 2.45) is 0 Å². The number of aromatic nitrogens is 2. The van der Waals surface area contributed by atoms with E-state index in [1.54, 1.807) is 0 Å². The number of aryl methyl sites for hydroxylation is 1. The molecule has 100 valence electrons. The fourth-order valence-corrected chi connectivity index (χ4v) is 2.54. The van der Waals surface area contributed by atoms with Gasteiger partial charge in [0, 0.05) is 25.5 Å². The molecule has 1 aliphatic heterocycles. The third-order valence-electron chi connectivity index (χ3n) is 3.64. The summed E-state index contributed by atoms with van der Waals surface area (Å²) in [6, 6.07) is -0.0624. The quantitative estimate of drug-likeness (QED) is 0.755. The van der Waals surface area contributed by atoms with Crippen LogP contribution in [0.15, 0.2) is 12.4 Å². The molecular formula is C13H21N3O2. The molecule has 5 heteroatoms.